The van der Waals surface area contributed by atoms with Gasteiger partial charge in [0.2, 0.25) is 0 Å². The largest absolute Gasteiger partial charge is 0.225 e. The summed E-state index contributed by atoms with van der Waals surface area (Å²) in [5, 5.41) is -1.72. The number of hydrogen-bond acceptors (Lipinski definition) is 0. The van der Waals surface area contributed by atoms with Gasteiger partial charge in [0, 0.05) is 21.7 Å². The summed E-state index contributed by atoms with van der Waals surface area (Å²) in [5.41, 5.74) is 0. The van der Waals surface area contributed by atoms with Gasteiger partial charge in [-0.1, -0.05) is 18.2 Å². The van der Waals surface area contributed by atoms with E-state index in [0.29, 0.717) is 0 Å². The van der Waals surface area contributed by atoms with E-state index in [4.69, 9.17) is 23.2 Å². The van der Waals surface area contributed by atoms with Crippen LogP contribution in [0.25, 0.3) is 0 Å². The Hall–Kier alpha value is 0.760. The second kappa shape index (κ2) is 11.8. The molecule has 6 heteroatoms. The van der Waals surface area contributed by atoms with Gasteiger partial charge in [0.05, 0.1) is 11.7 Å². The highest BCUT2D eigenvalue weighted by Crippen LogP contribution is 2.15. The highest BCUT2D eigenvalue weighted by Gasteiger charge is 2.14. The summed E-state index contributed by atoms with van der Waals surface area (Å²) in [6.07, 6.45) is 0. The van der Waals surface area contributed by atoms with Crippen LogP contribution in [0.2, 0.25) is 0 Å². The fourth-order valence-electron chi connectivity index (χ4n) is 0. The van der Waals surface area contributed by atoms with Gasteiger partial charge < -0.3 is 0 Å². The van der Waals surface area contributed by atoms with Gasteiger partial charge in [-0.25, -0.2) is 8.78 Å². The second-order valence-corrected chi connectivity index (χ2v) is 2.94. The summed E-state index contributed by atoms with van der Waals surface area (Å²) in [5.74, 6) is -0.492. The lowest BCUT2D eigenvalue weighted by atomic mass is 10.5. The maximum absolute atomic E-state index is 11.8. The van der Waals surface area contributed by atoms with Gasteiger partial charge in [0.25, 0.3) is 0 Å². The maximum atomic E-state index is 11.8. The summed E-state index contributed by atoms with van der Waals surface area (Å²) < 4.78 is 22.6. The summed E-state index contributed by atoms with van der Waals surface area (Å²) in [4.78, 5) is 0. The van der Waals surface area contributed by atoms with E-state index in [-0.39, 0.29) is 11.7 Å². The topological polar surface area (TPSA) is 0 Å². The smallest absolute Gasteiger partial charge is 0.194 e. The van der Waals surface area contributed by atoms with Crippen LogP contribution in [0.5, 0.6) is 0 Å². The first kappa shape index (κ1) is 18.5. The third-order valence-corrected chi connectivity index (χ3v) is 1.01. The van der Waals surface area contributed by atoms with Crippen molar-refractivity contribution >= 4 is 44.9 Å². The third-order valence-electron chi connectivity index (χ3n) is 0.235. The molecule has 0 radical (unpaired) electrons. The zero-order chi connectivity index (χ0) is 10.8. The van der Waals surface area contributed by atoms with E-state index in [1.807, 2.05) is 0 Å². The van der Waals surface area contributed by atoms with E-state index in [2.05, 4.69) is 28.3 Å². The van der Waals surface area contributed by atoms with Gasteiger partial charge in [0.15, 0.2) is 5.13 Å². The van der Waals surface area contributed by atoms with E-state index in [9.17, 15) is 8.78 Å². The highest BCUT2D eigenvalue weighted by atomic mass is 36.5. The standard InChI is InChI=1S/C3H5Cl2F.C3H5F.Cl2/c1-3(5,6)2-4;1-3(2)4;1-2/h2H2,1H3;1H2,2H3;. The first-order chi connectivity index (χ1) is 5.29. The van der Waals surface area contributed by atoms with Gasteiger partial charge in [-0.05, 0) is 13.8 Å². The fourth-order valence-corrected chi connectivity index (χ4v) is 0. The Balaban J connectivity index is -0.000000118. The predicted octanol–water partition coefficient (Wildman–Crippen LogP) is 5.02. The van der Waals surface area contributed by atoms with Crippen molar-refractivity contribution in [1.29, 1.82) is 0 Å². The Bertz CT molecular complexity index is 96.2. The van der Waals surface area contributed by atoms with Crippen LogP contribution in [0.1, 0.15) is 13.8 Å². The molecule has 0 fully saturated rings. The van der Waals surface area contributed by atoms with Gasteiger partial charge in [0.1, 0.15) is 0 Å². The van der Waals surface area contributed by atoms with E-state index < -0.39 is 5.13 Å². The maximum Gasteiger partial charge on any atom is 0.194 e. The molecule has 0 saturated heterocycles. The van der Waals surface area contributed by atoms with Crippen LogP contribution in [0.15, 0.2) is 12.4 Å². The fraction of sp³-hybridized carbons (Fsp3) is 0.667. The molecule has 0 aliphatic carbocycles. The number of rotatable bonds is 1. The molecule has 0 aliphatic rings. The van der Waals surface area contributed by atoms with Crippen molar-refractivity contribution in [2.75, 3.05) is 5.88 Å². The van der Waals surface area contributed by atoms with Crippen molar-refractivity contribution in [3.63, 3.8) is 0 Å². The molecular weight excluding hydrogens is 252 g/mol. The van der Waals surface area contributed by atoms with Crippen LogP contribution >= 0.6 is 44.9 Å². The van der Waals surface area contributed by atoms with Gasteiger partial charge in [-0.3, -0.25) is 0 Å². The van der Waals surface area contributed by atoms with Crippen molar-refractivity contribution in [2.45, 2.75) is 19.0 Å². The summed E-state index contributed by atoms with van der Waals surface area (Å²) in [7, 11) is 8.22. The van der Waals surface area contributed by atoms with Crippen molar-refractivity contribution in [2.24, 2.45) is 0 Å². The van der Waals surface area contributed by atoms with Crippen LogP contribution in [0.3, 0.4) is 0 Å². The summed E-state index contributed by atoms with van der Waals surface area (Å²) in [6.45, 7) is 5.40. The van der Waals surface area contributed by atoms with Crippen molar-refractivity contribution in [3.8, 4) is 0 Å². The Kier molecular flexibility index (Phi) is 18.2. The lowest BCUT2D eigenvalue weighted by molar-refractivity contribution is 0.340. The first-order valence-corrected chi connectivity index (χ1v) is 4.74. The zero-order valence-corrected chi connectivity index (χ0v) is 9.71. The lowest BCUT2D eigenvalue weighted by Crippen LogP contribution is -2.08. The monoisotopic (exact) mass is 260 g/mol. The molecule has 0 saturated carbocycles. The van der Waals surface area contributed by atoms with Crippen LogP contribution in [-0.4, -0.2) is 11.0 Å². The Morgan fingerprint density at radius 3 is 1.58 bits per heavy atom. The first-order valence-electron chi connectivity index (χ1n) is 2.68. The van der Waals surface area contributed by atoms with E-state index in [1.54, 1.807) is 0 Å². The Morgan fingerprint density at radius 2 is 1.58 bits per heavy atom. The summed E-state index contributed by atoms with van der Waals surface area (Å²) >= 11 is 9.89. The molecule has 0 amide bonds. The van der Waals surface area contributed by atoms with Gasteiger partial charge in [-0.2, -0.15) is 0 Å². The summed E-state index contributed by atoms with van der Waals surface area (Å²) in [6, 6.07) is 0. The minimum absolute atomic E-state index is 0.158. The predicted molar refractivity (Wildman–Crippen MR) is 53.7 cm³/mol. The zero-order valence-electron chi connectivity index (χ0n) is 6.68. The average molecular weight is 262 g/mol. The van der Waals surface area contributed by atoms with Crippen LogP contribution in [0, 0.1) is 0 Å². The van der Waals surface area contributed by atoms with Crippen LogP contribution < -0.4 is 0 Å². The van der Waals surface area contributed by atoms with Gasteiger partial charge >= 0.3 is 0 Å². The van der Waals surface area contributed by atoms with Crippen LogP contribution in [0.4, 0.5) is 8.78 Å². The molecule has 0 bridgehead atoms. The van der Waals surface area contributed by atoms with E-state index in [0.717, 1.165) is 0 Å². The molecule has 12 heavy (non-hydrogen) atoms. The quantitative estimate of drug-likeness (QED) is 0.582. The SMILES string of the molecule is C=C(C)F.CC(F)(Cl)CCl.ClCl. The molecule has 1 unspecified atom stereocenters. The molecule has 0 rings (SSSR count). The molecule has 0 N–H and O–H groups in total. The minimum atomic E-state index is -1.72. The van der Waals surface area contributed by atoms with Crippen molar-refractivity contribution in [3.05, 3.63) is 12.4 Å². The molecule has 0 aromatic carbocycles. The molecular formula is C6H10Cl4F2. The molecule has 76 valence electrons. The van der Waals surface area contributed by atoms with Gasteiger partial charge in [-0.15, -0.1) is 11.6 Å². The Morgan fingerprint density at radius 1 is 1.50 bits per heavy atom. The number of alkyl halides is 3. The number of allylic oxidation sites excluding steroid dienone is 1. The molecule has 0 aromatic rings. The van der Waals surface area contributed by atoms with Crippen molar-refractivity contribution in [1.82, 2.24) is 0 Å². The molecule has 0 aromatic heterocycles. The molecule has 0 nitrogen and oxygen atoms in total. The highest BCUT2D eigenvalue weighted by molar-refractivity contribution is 6.85. The molecule has 0 spiro atoms. The molecule has 0 heterocycles. The van der Waals surface area contributed by atoms with Crippen molar-refractivity contribution < 1.29 is 8.78 Å². The molecule has 1 atom stereocenters. The lowest BCUT2D eigenvalue weighted by Gasteiger charge is -2.02. The Labute approximate surface area is 91.0 Å². The average Bonchev–Trinajstić information content (AvgIpc) is 1.90. The van der Waals surface area contributed by atoms with E-state index in [1.165, 1.54) is 13.8 Å². The number of hydrogen-bond donors (Lipinski definition) is 0. The normalized spacial score (nSPS) is 12.7. The third kappa shape index (κ3) is 72.5. The van der Waals surface area contributed by atoms with E-state index >= 15 is 0 Å². The van der Waals surface area contributed by atoms with Crippen LogP contribution in [-0.2, 0) is 0 Å². The second-order valence-electron chi connectivity index (χ2n) is 1.88. The number of halogens is 6. The minimum Gasteiger partial charge on any atom is -0.225 e. The molecule has 0 aliphatic heterocycles.